The van der Waals surface area contributed by atoms with Gasteiger partial charge < -0.3 is 5.73 Å². The number of rotatable bonds is 4. The summed E-state index contributed by atoms with van der Waals surface area (Å²) in [4.78, 5) is 5.80. The Morgan fingerprint density at radius 1 is 1.00 bits per heavy atom. The molecule has 7 heteroatoms. The van der Waals surface area contributed by atoms with Gasteiger partial charge in [-0.1, -0.05) is 6.07 Å². The average Bonchev–Trinajstić information content (AvgIpc) is 3.46. The minimum atomic E-state index is 0.543. The molecule has 0 atom stereocenters. The molecule has 4 aromatic heterocycles. The van der Waals surface area contributed by atoms with E-state index in [-0.39, 0.29) is 0 Å². The van der Waals surface area contributed by atoms with Gasteiger partial charge in [-0.3, -0.25) is 15.2 Å². The molecule has 4 N–H and O–H groups in total. The highest BCUT2D eigenvalue weighted by molar-refractivity contribution is 7.10. The number of nitrogens with zero attached hydrogens (tertiary/aromatic N) is 3. The first-order valence-corrected chi connectivity index (χ1v) is 9.83. The van der Waals surface area contributed by atoms with Crippen molar-refractivity contribution in [3.8, 4) is 33.6 Å². The lowest BCUT2D eigenvalue weighted by Gasteiger charge is -2.08. The molecule has 0 fully saturated rings. The fraction of sp³-hybridized carbons (Fsp3) is 0.0952. The fourth-order valence-corrected chi connectivity index (χ4v) is 4.22. The number of nitrogens with two attached hydrogens (primary N) is 1. The van der Waals surface area contributed by atoms with Crippen molar-refractivity contribution in [3.05, 3.63) is 64.7 Å². The highest BCUT2D eigenvalue weighted by atomic mass is 32.1. The van der Waals surface area contributed by atoms with Gasteiger partial charge in [0.05, 0.1) is 29.3 Å². The van der Waals surface area contributed by atoms with Crippen LogP contribution in [0.4, 0.5) is 0 Å². The molecule has 0 aliphatic rings. The number of pyridine rings is 1. The van der Waals surface area contributed by atoms with Gasteiger partial charge in [0.25, 0.3) is 0 Å². The lowest BCUT2D eigenvalue weighted by Crippen LogP contribution is -1.91. The number of thiophene rings is 1. The first-order valence-electron chi connectivity index (χ1n) is 8.95. The molecule has 0 bridgehead atoms. The molecule has 0 saturated heterocycles. The molecule has 5 aromatic rings. The molecule has 0 aliphatic carbocycles. The monoisotopic (exact) mass is 386 g/mol. The first kappa shape index (κ1) is 16.9. The Morgan fingerprint density at radius 3 is 2.71 bits per heavy atom. The van der Waals surface area contributed by atoms with Crippen LogP contribution in [-0.4, -0.2) is 25.4 Å². The Morgan fingerprint density at radius 2 is 1.89 bits per heavy atom. The zero-order chi connectivity index (χ0) is 19.1. The Kier molecular flexibility index (Phi) is 4.03. The Hall–Kier alpha value is -3.29. The van der Waals surface area contributed by atoms with Crippen molar-refractivity contribution in [1.82, 2.24) is 25.4 Å². The van der Waals surface area contributed by atoms with E-state index in [1.54, 1.807) is 11.3 Å². The highest BCUT2D eigenvalue weighted by Gasteiger charge is 2.16. The second kappa shape index (κ2) is 6.70. The lowest BCUT2D eigenvalue weighted by atomic mass is 9.97. The van der Waals surface area contributed by atoms with Gasteiger partial charge in [0, 0.05) is 33.6 Å². The molecule has 0 radical (unpaired) electrons. The summed E-state index contributed by atoms with van der Waals surface area (Å²) in [5, 5.41) is 18.0. The van der Waals surface area contributed by atoms with Gasteiger partial charge in [-0.05, 0) is 53.8 Å². The molecule has 138 valence electrons. The van der Waals surface area contributed by atoms with Crippen molar-refractivity contribution in [2.24, 2.45) is 5.73 Å². The van der Waals surface area contributed by atoms with Crippen molar-refractivity contribution >= 4 is 22.2 Å². The van der Waals surface area contributed by atoms with Crippen LogP contribution in [-0.2, 0) is 6.54 Å². The van der Waals surface area contributed by atoms with E-state index in [4.69, 9.17) is 5.73 Å². The molecule has 0 spiro atoms. The zero-order valence-corrected chi connectivity index (χ0v) is 16.0. The summed E-state index contributed by atoms with van der Waals surface area (Å²) in [6, 6.07) is 12.4. The van der Waals surface area contributed by atoms with Crippen LogP contribution >= 0.6 is 11.3 Å². The van der Waals surface area contributed by atoms with Gasteiger partial charge >= 0.3 is 0 Å². The SMILES string of the molecule is Cc1cccc(-c2[nH]ncc2-c2cc(-c3csc(CN)c3)c3[nH]ncc3c2)n1. The quantitative estimate of drug-likeness (QED) is 0.423. The third-order valence-corrected chi connectivity index (χ3v) is 5.77. The number of aromatic nitrogens is 5. The van der Waals surface area contributed by atoms with E-state index in [1.165, 1.54) is 0 Å². The predicted octanol–water partition coefficient (Wildman–Crippen LogP) is 4.51. The number of H-pyrrole nitrogens is 2. The largest absolute Gasteiger partial charge is 0.326 e. The fourth-order valence-electron chi connectivity index (χ4n) is 3.45. The minimum absolute atomic E-state index is 0.543. The Bertz CT molecular complexity index is 1280. The molecule has 0 unspecified atom stereocenters. The van der Waals surface area contributed by atoms with Crippen LogP contribution < -0.4 is 5.73 Å². The molecule has 5 rings (SSSR count). The third-order valence-electron chi connectivity index (χ3n) is 4.81. The second-order valence-corrected chi connectivity index (χ2v) is 7.68. The van der Waals surface area contributed by atoms with Crippen molar-refractivity contribution in [2.75, 3.05) is 0 Å². The van der Waals surface area contributed by atoms with Crippen LogP contribution in [0.25, 0.3) is 44.5 Å². The highest BCUT2D eigenvalue weighted by Crippen LogP contribution is 2.37. The van der Waals surface area contributed by atoms with Gasteiger partial charge in [0.2, 0.25) is 0 Å². The molecule has 28 heavy (non-hydrogen) atoms. The molecule has 4 heterocycles. The van der Waals surface area contributed by atoms with E-state index in [0.717, 1.165) is 55.1 Å². The van der Waals surface area contributed by atoms with Gasteiger partial charge in [0.15, 0.2) is 0 Å². The number of hydrogen-bond acceptors (Lipinski definition) is 5. The van der Waals surface area contributed by atoms with Gasteiger partial charge in [-0.15, -0.1) is 11.3 Å². The van der Waals surface area contributed by atoms with Crippen LogP contribution in [0.1, 0.15) is 10.6 Å². The van der Waals surface area contributed by atoms with Crippen molar-refractivity contribution < 1.29 is 0 Å². The van der Waals surface area contributed by atoms with E-state index in [2.05, 4.69) is 49.0 Å². The maximum Gasteiger partial charge on any atom is 0.0912 e. The molecule has 1 aromatic carbocycles. The maximum atomic E-state index is 5.81. The summed E-state index contributed by atoms with van der Waals surface area (Å²) < 4.78 is 0. The third kappa shape index (κ3) is 2.81. The second-order valence-electron chi connectivity index (χ2n) is 6.69. The topological polar surface area (TPSA) is 96.3 Å². The van der Waals surface area contributed by atoms with Crippen LogP contribution in [0.5, 0.6) is 0 Å². The van der Waals surface area contributed by atoms with Crippen LogP contribution in [0.2, 0.25) is 0 Å². The van der Waals surface area contributed by atoms with E-state index in [1.807, 2.05) is 37.5 Å². The van der Waals surface area contributed by atoms with Crippen molar-refractivity contribution in [3.63, 3.8) is 0 Å². The summed E-state index contributed by atoms with van der Waals surface area (Å²) >= 11 is 1.67. The molecule has 6 nitrogen and oxygen atoms in total. The van der Waals surface area contributed by atoms with E-state index < -0.39 is 0 Å². The molecular formula is C21H18N6S. The number of nitrogens with one attached hydrogen (secondary N) is 2. The van der Waals surface area contributed by atoms with Crippen LogP contribution in [0, 0.1) is 6.92 Å². The summed E-state index contributed by atoms with van der Waals surface area (Å²) in [7, 11) is 0. The number of benzene rings is 1. The van der Waals surface area contributed by atoms with Crippen molar-refractivity contribution in [2.45, 2.75) is 13.5 Å². The van der Waals surface area contributed by atoms with E-state index >= 15 is 0 Å². The number of aryl methyl sites for hydroxylation is 1. The zero-order valence-electron chi connectivity index (χ0n) is 15.2. The maximum absolute atomic E-state index is 5.81. The Labute approximate surface area is 165 Å². The van der Waals surface area contributed by atoms with Crippen LogP contribution in [0.3, 0.4) is 0 Å². The number of hydrogen-bond donors (Lipinski definition) is 3. The standard InChI is InChI=1S/C21H18N6S/c1-12-3-2-4-19(25-12)21-18(10-24-27-21)13-5-14-9-23-26-20(14)17(7-13)15-6-16(8-22)28-11-15/h2-7,9-11H,8,22H2,1H3,(H,23,26)(H,24,27). The lowest BCUT2D eigenvalue weighted by molar-refractivity contribution is 1.08. The molecular weight excluding hydrogens is 368 g/mol. The van der Waals surface area contributed by atoms with Gasteiger partial charge in [0.1, 0.15) is 0 Å². The van der Waals surface area contributed by atoms with Gasteiger partial charge in [-0.25, -0.2) is 0 Å². The minimum Gasteiger partial charge on any atom is -0.326 e. The molecule has 0 aliphatic heterocycles. The summed E-state index contributed by atoms with van der Waals surface area (Å²) in [6.07, 6.45) is 3.70. The van der Waals surface area contributed by atoms with E-state index in [9.17, 15) is 0 Å². The number of aromatic amines is 2. The van der Waals surface area contributed by atoms with Crippen molar-refractivity contribution in [1.29, 1.82) is 0 Å². The van der Waals surface area contributed by atoms with E-state index in [0.29, 0.717) is 6.54 Å². The average molecular weight is 386 g/mol. The van der Waals surface area contributed by atoms with Crippen LogP contribution in [0.15, 0.2) is 54.2 Å². The first-order chi connectivity index (χ1) is 13.7. The summed E-state index contributed by atoms with van der Waals surface area (Å²) in [5.41, 5.74) is 13.9. The predicted molar refractivity (Wildman–Crippen MR) is 113 cm³/mol. The Balaban J connectivity index is 1.70. The number of fused-ring (bicyclic) bond motifs is 1. The summed E-state index contributed by atoms with van der Waals surface area (Å²) in [6.45, 7) is 2.53. The molecule has 0 saturated carbocycles. The smallest absolute Gasteiger partial charge is 0.0912 e. The van der Waals surface area contributed by atoms with Gasteiger partial charge in [-0.2, -0.15) is 10.2 Å². The summed E-state index contributed by atoms with van der Waals surface area (Å²) in [5.74, 6) is 0. The molecule has 0 amide bonds. The normalized spacial score (nSPS) is 11.4.